The number of methoxy groups -OCH3 is 1. The molecule has 3 aromatic carbocycles. The molecule has 0 saturated heterocycles. The van der Waals surface area contributed by atoms with Crippen LogP contribution in [0.4, 0.5) is 17.6 Å². The number of carboxylic acid groups (broad SMARTS) is 1. The number of carbonyl (C=O) groups excluding carboxylic acids is 3. The van der Waals surface area contributed by atoms with Crippen LogP contribution >= 0.6 is 23.2 Å². The number of nitrogens with one attached hydrogen (secondary N) is 1. The van der Waals surface area contributed by atoms with E-state index in [1.165, 1.54) is 48.7 Å². The molecular weight excluding hydrogens is 779 g/mol. The molecular formula is C40H38Cl2F4N4O6. The molecule has 16 heteroatoms. The highest BCUT2D eigenvalue weighted by molar-refractivity contribution is 6.32. The predicted molar refractivity (Wildman–Crippen MR) is 204 cm³/mol. The van der Waals surface area contributed by atoms with Crippen molar-refractivity contribution in [2.75, 3.05) is 7.11 Å². The van der Waals surface area contributed by atoms with Crippen LogP contribution in [0, 0.1) is 23.3 Å². The number of halogens is 6. The zero-order valence-electron chi connectivity index (χ0n) is 29.7. The van der Waals surface area contributed by atoms with Crippen LogP contribution in [0.3, 0.4) is 0 Å². The molecule has 5 aromatic rings. The molecule has 0 spiro atoms. The van der Waals surface area contributed by atoms with E-state index in [9.17, 15) is 32.3 Å². The Balaban J connectivity index is 0.000000417. The molecule has 2 amide bonds. The van der Waals surface area contributed by atoms with Crippen molar-refractivity contribution in [1.29, 1.82) is 0 Å². The van der Waals surface area contributed by atoms with Crippen molar-refractivity contribution < 1.29 is 46.6 Å². The van der Waals surface area contributed by atoms with Crippen molar-refractivity contribution in [1.82, 2.24) is 20.2 Å². The third-order valence-corrected chi connectivity index (χ3v) is 7.76. The molecule has 2 heterocycles. The van der Waals surface area contributed by atoms with E-state index in [2.05, 4.69) is 15.3 Å². The smallest absolute Gasteiger partial charge is 0.338 e. The number of amides is 2. The summed E-state index contributed by atoms with van der Waals surface area (Å²) in [6.07, 6.45) is 3.21. The highest BCUT2D eigenvalue weighted by Gasteiger charge is 2.36. The minimum absolute atomic E-state index is 0. The molecule has 5 rings (SSSR count). The SMILES string of the molecule is C.COc1ccc(CN(C(=O)c2cccnc2Cl)C(C(=O)NC(C)(C)C)c2ccc(F)cc2F)cc1.O=C(O)c1cccnc1Cl.O=Cc1ccc(F)cc1F. The molecule has 1 unspecified atom stereocenters. The number of aromatic carboxylic acids is 1. The molecule has 1 atom stereocenters. The highest BCUT2D eigenvalue weighted by Crippen LogP contribution is 2.30. The molecule has 0 bridgehead atoms. The van der Waals surface area contributed by atoms with E-state index in [0.29, 0.717) is 29.7 Å². The Bertz CT molecular complexity index is 2140. The van der Waals surface area contributed by atoms with E-state index in [1.54, 1.807) is 45.0 Å². The Morgan fingerprint density at radius 2 is 1.38 bits per heavy atom. The largest absolute Gasteiger partial charge is 0.497 e. The average molecular weight is 818 g/mol. The van der Waals surface area contributed by atoms with Crippen LogP contribution in [0.5, 0.6) is 5.75 Å². The van der Waals surface area contributed by atoms with Gasteiger partial charge in [-0.15, -0.1) is 0 Å². The molecule has 296 valence electrons. The van der Waals surface area contributed by atoms with Gasteiger partial charge >= 0.3 is 5.97 Å². The summed E-state index contributed by atoms with van der Waals surface area (Å²) in [6.45, 7) is 5.21. The van der Waals surface area contributed by atoms with Gasteiger partial charge in [0, 0.05) is 42.2 Å². The van der Waals surface area contributed by atoms with Crippen LogP contribution in [0.15, 0.2) is 97.3 Å². The van der Waals surface area contributed by atoms with Gasteiger partial charge in [0.15, 0.2) is 6.29 Å². The maximum absolute atomic E-state index is 15.0. The fraction of sp³-hybridized carbons (Fsp3) is 0.200. The van der Waals surface area contributed by atoms with Crippen LogP contribution in [0.1, 0.15) is 76.4 Å². The van der Waals surface area contributed by atoms with Gasteiger partial charge in [-0.25, -0.2) is 32.3 Å². The lowest BCUT2D eigenvalue weighted by molar-refractivity contribution is -0.127. The quantitative estimate of drug-likeness (QED) is 0.0854. The number of aromatic nitrogens is 2. The van der Waals surface area contributed by atoms with Gasteiger partial charge in [-0.1, -0.05) is 48.8 Å². The first-order valence-corrected chi connectivity index (χ1v) is 16.8. The first-order chi connectivity index (χ1) is 25.9. The second-order valence-electron chi connectivity index (χ2n) is 12.4. The maximum Gasteiger partial charge on any atom is 0.338 e. The number of pyridine rings is 2. The number of benzene rings is 3. The minimum atomic E-state index is -1.43. The number of nitrogens with zero attached hydrogens (tertiary/aromatic N) is 3. The van der Waals surface area contributed by atoms with Gasteiger partial charge in [-0.2, -0.15) is 0 Å². The third-order valence-electron chi connectivity index (χ3n) is 7.16. The topological polar surface area (TPSA) is 139 Å². The number of carboxylic acids is 1. The first kappa shape index (κ1) is 46.3. The number of hydrogen-bond acceptors (Lipinski definition) is 7. The third kappa shape index (κ3) is 13.5. The molecule has 0 aliphatic carbocycles. The van der Waals surface area contributed by atoms with Crippen LogP contribution < -0.4 is 10.1 Å². The number of ether oxygens (including phenoxy) is 1. The lowest BCUT2D eigenvalue weighted by atomic mass is 9.99. The summed E-state index contributed by atoms with van der Waals surface area (Å²) in [5, 5.41) is 11.2. The van der Waals surface area contributed by atoms with E-state index >= 15 is 4.39 Å². The van der Waals surface area contributed by atoms with Crippen LogP contribution in [-0.4, -0.2) is 56.7 Å². The van der Waals surface area contributed by atoms with Gasteiger partial charge in [0.2, 0.25) is 5.91 Å². The summed E-state index contributed by atoms with van der Waals surface area (Å²) in [7, 11) is 1.53. The Kier molecular flexibility index (Phi) is 17.6. The summed E-state index contributed by atoms with van der Waals surface area (Å²) in [5.74, 6) is -4.99. The molecule has 56 heavy (non-hydrogen) atoms. The number of hydrogen-bond donors (Lipinski definition) is 2. The van der Waals surface area contributed by atoms with Crippen LogP contribution in [0.25, 0.3) is 0 Å². The fourth-order valence-electron chi connectivity index (χ4n) is 4.66. The van der Waals surface area contributed by atoms with Gasteiger partial charge < -0.3 is 20.1 Å². The van der Waals surface area contributed by atoms with Gasteiger partial charge in [0.05, 0.1) is 23.8 Å². The molecule has 0 aliphatic rings. The lowest BCUT2D eigenvalue weighted by Crippen LogP contribution is -2.49. The van der Waals surface area contributed by atoms with E-state index in [1.807, 2.05) is 0 Å². The van der Waals surface area contributed by atoms with E-state index in [4.69, 9.17) is 33.0 Å². The minimum Gasteiger partial charge on any atom is -0.497 e. The Morgan fingerprint density at radius 3 is 1.82 bits per heavy atom. The van der Waals surface area contributed by atoms with Crippen molar-refractivity contribution in [2.45, 2.75) is 46.3 Å². The van der Waals surface area contributed by atoms with E-state index in [0.717, 1.165) is 24.3 Å². The van der Waals surface area contributed by atoms with E-state index < -0.39 is 52.6 Å². The Hall–Kier alpha value is -5.86. The second-order valence-corrected chi connectivity index (χ2v) is 13.1. The highest BCUT2D eigenvalue weighted by atomic mass is 35.5. The van der Waals surface area contributed by atoms with Gasteiger partial charge in [-0.05, 0) is 80.9 Å². The Morgan fingerprint density at radius 1 is 0.839 bits per heavy atom. The zero-order valence-corrected chi connectivity index (χ0v) is 31.2. The standard InChI is InChI=1S/C26H26ClF2N3O3.C7H4F2O.C6H4ClNO2.CH4/c1-26(2,3)31-24(33)22(19-12-9-17(28)14-21(19)29)32(15-16-7-10-18(35-4)11-8-16)25(34)20-6-5-13-30-23(20)27;8-6-2-1-5(4-10)7(9)3-6;7-5-4(6(9)10)2-1-3-8-5;/h5-14,22H,15H2,1-4H3,(H,31,33);1-4H;1-3H,(H,9,10);1H4. The fourth-order valence-corrected chi connectivity index (χ4v) is 5.06. The van der Waals surface area contributed by atoms with Crippen molar-refractivity contribution >= 4 is 47.3 Å². The van der Waals surface area contributed by atoms with Crippen molar-refractivity contribution in [2.24, 2.45) is 0 Å². The summed E-state index contributed by atoms with van der Waals surface area (Å²) < 4.78 is 58.4. The van der Waals surface area contributed by atoms with Crippen molar-refractivity contribution in [3.8, 4) is 5.75 Å². The molecule has 0 saturated carbocycles. The lowest BCUT2D eigenvalue weighted by Gasteiger charge is -2.34. The predicted octanol–water partition coefficient (Wildman–Crippen LogP) is 9.17. The van der Waals surface area contributed by atoms with Gasteiger partial charge in [-0.3, -0.25) is 14.4 Å². The molecule has 10 nitrogen and oxygen atoms in total. The maximum atomic E-state index is 15.0. The average Bonchev–Trinajstić information content (AvgIpc) is 3.12. The summed E-state index contributed by atoms with van der Waals surface area (Å²) in [6, 6.07) is 17.1. The van der Waals surface area contributed by atoms with Gasteiger partial charge in [0.1, 0.15) is 45.4 Å². The Labute approximate surface area is 331 Å². The molecule has 0 fully saturated rings. The normalized spacial score (nSPS) is 10.9. The van der Waals surface area contributed by atoms with Gasteiger partial charge in [0.25, 0.3) is 5.91 Å². The van der Waals surface area contributed by atoms with Crippen LogP contribution in [0.2, 0.25) is 10.3 Å². The monoisotopic (exact) mass is 816 g/mol. The first-order valence-electron chi connectivity index (χ1n) is 16.0. The summed E-state index contributed by atoms with van der Waals surface area (Å²) >= 11 is 11.6. The molecule has 0 aliphatic heterocycles. The molecule has 2 aromatic heterocycles. The summed E-state index contributed by atoms with van der Waals surface area (Å²) in [5.41, 5.74) is -0.248. The van der Waals surface area contributed by atoms with Crippen molar-refractivity contribution in [3.63, 3.8) is 0 Å². The summed E-state index contributed by atoms with van der Waals surface area (Å²) in [4.78, 5) is 56.3. The van der Waals surface area contributed by atoms with E-state index in [-0.39, 0.29) is 46.5 Å². The number of rotatable bonds is 9. The second kappa shape index (κ2) is 21.3. The molecule has 0 radical (unpaired) electrons. The van der Waals surface area contributed by atoms with Crippen molar-refractivity contribution in [3.05, 3.63) is 159 Å². The molecule has 2 N–H and O–H groups in total. The van der Waals surface area contributed by atoms with Crippen LogP contribution in [-0.2, 0) is 11.3 Å². The zero-order chi connectivity index (χ0) is 40.9. The number of carbonyl (C=O) groups is 4. The number of aldehydes is 1.